The van der Waals surface area contributed by atoms with Crippen LogP contribution in [-0.2, 0) is 0 Å². The molecule has 0 atom stereocenters. The monoisotopic (exact) mass is 328 g/mol. The molecule has 1 saturated carbocycles. The minimum atomic E-state index is -0.188. The molecule has 0 unspecified atom stereocenters. The molecular formula is C23H33F. The van der Waals surface area contributed by atoms with Crippen LogP contribution in [0.4, 0.5) is 4.39 Å². The zero-order chi connectivity index (χ0) is 17.0. The molecule has 132 valence electrons. The van der Waals surface area contributed by atoms with Gasteiger partial charge in [-0.3, -0.25) is 0 Å². The van der Waals surface area contributed by atoms with Crippen LogP contribution in [0.5, 0.6) is 0 Å². The van der Waals surface area contributed by atoms with Gasteiger partial charge < -0.3 is 0 Å². The Labute approximate surface area is 148 Å². The molecule has 0 aromatic heterocycles. The lowest BCUT2D eigenvalue weighted by molar-refractivity contribution is 0.293. The van der Waals surface area contributed by atoms with Crippen LogP contribution in [0.15, 0.2) is 24.3 Å². The summed E-state index contributed by atoms with van der Waals surface area (Å²) in [4.78, 5) is 0. The number of rotatable bonds is 8. The van der Waals surface area contributed by atoms with Crippen LogP contribution in [0.3, 0.4) is 0 Å². The summed E-state index contributed by atoms with van der Waals surface area (Å²) >= 11 is 0. The zero-order valence-corrected chi connectivity index (χ0v) is 15.3. The Morgan fingerprint density at radius 1 is 0.875 bits per heavy atom. The van der Waals surface area contributed by atoms with Crippen molar-refractivity contribution in [1.29, 1.82) is 0 Å². The van der Waals surface area contributed by atoms with Crippen molar-refractivity contribution in [3.8, 4) is 11.8 Å². The number of benzene rings is 1. The van der Waals surface area contributed by atoms with Gasteiger partial charge in [0.05, 0.1) is 0 Å². The molecule has 0 spiro atoms. The quantitative estimate of drug-likeness (QED) is 0.352. The van der Waals surface area contributed by atoms with Crippen LogP contribution in [0.1, 0.15) is 89.5 Å². The fraction of sp³-hybridized carbons (Fsp3) is 0.652. The van der Waals surface area contributed by atoms with Crippen LogP contribution in [0.25, 0.3) is 0 Å². The maximum Gasteiger partial charge on any atom is 0.123 e. The van der Waals surface area contributed by atoms with E-state index in [0.717, 1.165) is 11.5 Å². The second-order valence-corrected chi connectivity index (χ2v) is 7.40. The second-order valence-electron chi connectivity index (χ2n) is 7.40. The van der Waals surface area contributed by atoms with Crippen molar-refractivity contribution in [1.82, 2.24) is 0 Å². The van der Waals surface area contributed by atoms with Gasteiger partial charge in [0.1, 0.15) is 5.82 Å². The van der Waals surface area contributed by atoms with Gasteiger partial charge in [0.15, 0.2) is 0 Å². The summed E-state index contributed by atoms with van der Waals surface area (Å²) in [7, 11) is 0. The summed E-state index contributed by atoms with van der Waals surface area (Å²) in [5.41, 5.74) is 0.932. The van der Waals surface area contributed by atoms with Crippen molar-refractivity contribution in [2.24, 2.45) is 11.8 Å². The summed E-state index contributed by atoms with van der Waals surface area (Å²) in [6.07, 6.45) is 16.5. The summed E-state index contributed by atoms with van der Waals surface area (Å²) in [6.45, 7) is 2.28. The number of hydrogen-bond acceptors (Lipinski definition) is 0. The van der Waals surface area contributed by atoms with E-state index >= 15 is 0 Å². The SMILES string of the molecule is CCCCCCCCCC1CCC(C#Cc2ccc(F)cc2)CC1. The minimum Gasteiger partial charge on any atom is -0.207 e. The second kappa shape index (κ2) is 11.3. The average Bonchev–Trinajstić information content (AvgIpc) is 2.61. The molecule has 1 fully saturated rings. The number of hydrogen-bond donors (Lipinski definition) is 0. The van der Waals surface area contributed by atoms with E-state index in [2.05, 4.69) is 18.8 Å². The Kier molecular flexibility index (Phi) is 8.96. The molecule has 1 aromatic rings. The van der Waals surface area contributed by atoms with Crippen LogP contribution in [-0.4, -0.2) is 0 Å². The van der Waals surface area contributed by atoms with Gasteiger partial charge in [-0.2, -0.15) is 0 Å². The normalized spacial score (nSPS) is 20.4. The minimum absolute atomic E-state index is 0.188. The van der Waals surface area contributed by atoms with E-state index in [1.165, 1.54) is 89.2 Å². The standard InChI is InChI=1S/C23H33F/c1-2-3-4-5-6-7-8-9-20-10-12-21(13-11-20)14-15-22-16-18-23(24)19-17-22/h16-21H,2-13H2,1H3. The summed E-state index contributed by atoms with van der Waals surface area (Å²) < 4.78 is 12.9. The lowest BCUT2D eigenvalue weighted by Crippen LogP contribution is -2.13. The summed E-state index contributed by atoms with van der Waals surface area (Å²) in [6, 6.07) is 6.52. The Morgan fingerprint density at radius 3 is 2.17 bits per heavy atom. The maximum atomic E-state index is 12.9. The highest BCUT2D eigenvalue weighted by atomic mass is 19.1. The van der Waals surface area contributed by atoms with E-state index in [9.17, 15) is 4.39 Å². The first-order valence-corrected chi connectivity index (χ1v) is 10.0. The third kappa shape index (κ3) is 7.52. The maximum absolute atomic E-state index is 12.9. The van der Waals surface area contributed by atoms with Gasteiger partial charge in [0.2, 0.25) is 0 Å². The Hall–Kier alpha value is -1.29. The topological polar surface area (TPSA) is 0 Å². The molecular weight excluding hydrogens is 295 g/mol. The molecule has 0 heterocycles. The fourth-order valence-corrected chi connectivity index (χ4v) is 3.70. The van der Waals surface area contributed by atoms with E-state index in [4.69, 9.17) is 0 Å². The molecule has 0 N–H and O–H groups in total. The van der Waals surface area contributed by atoms with Crippen molar-refractivity contribution in [3.05, 3.63) is 35.6 Å². The third-order valence-electron chi connectivity index (χ3n) is 5.33. The van der Waals surface area contributed by atoms with Crippen molar-refractivity contribution in [2.75, 3.05) is 0 Å². The molecule has 1 aromatic carbocycles. The lowest BCUT2D eigenvalue weighted by atomic mass is 9.80. The molecule has 24 heavy (non-hydrogen) atoms. The Balaban J connectivity index is 1.57. The largest absolute Gasteiger partial charge is 0.207 e. The van der Waals surface area contributed by atoms with Crippen LogP contribution in [0, 0.1) is 29.5 Å². The zero-order valence-electron chi connectivity index (χ0n) is 15.3. The highest BCUT2D eigenvalue weighted by Crippen LogP contribution is 2.31. The first-order chi connectivity index (χ1) is 11.8. The molecule has 0 aliphatic heterocycles. The molecule has 0 amide bonds. The Morgan fingerprint density at radius 2 is 1.50 bits per heavy atom. The van der Waals surface area contributed by atoms with Gasteiger partial charge in [0.25, 0.3) is 0 Å². The molecule has 1 aliphatic rings. The predicted octanol–water partition coefficient (Wildman–Crippen LogP) is 7.12. The van der Waals surface area contributed by atoms with Crippen LogP contribution < -0.4 is 0 Å². The molecule has 0 radical (unpaired) electrons. The van der Waals surface area contributed by atoms with Gasteiger partial charge in [-0.1, -0.05) is 70.1 Å². The lowest BCUT2D eigenvalue weighted by Gasteiger charge is -2.25. The van der Waals surface area contributed by atoms with E-state index in [1.54, 1.807) is 12.1 Å². The van der Waals surface area contributed by atoms with Crippen molar-refractivity contribution < 1.29 is 4.39 Å². The van der Waals surface area contributed by atoms with Crippen LogP contribution in [0.2, 0.25) is 0 Å². The molecule has 2 rings (SSSR count). The van der Waals surface area contributed by atoms with E-state index in [0.29, 0.717) is 5.92 Å². The summed E-state index contributed by atoms with van der Waals surface area (Å²) in [5.74, 6) is 7.91. The van der Waals surface area contributed by atoms with Gasteiger partial charge >= 0.3 is 0 Å². The predicted molar refractivity (Wildman–Crippen MR) is 101 cm³/mol. The molecule has 1 aliphatic carbocycles. The first-order valence-electron chi connectivity index (χ1n) is 10.0. The van der Waals surface area contributed by atoms with E-state index < -0.39 is 0 Å². The van der Waals surface area contributed by atoms with Gasteiger partial charge in [-0.15, -0.1) is 0 Å². The molecule has 1 heteroatoms. The average molecular weight is 329 g/mol. The Bertz CT molecular complexity index is 497. The van der Waals surface area contributed by atoms with Crippen molar-refractivity contribution in [2.45, 2.75) is 84.0 Å². The summed E-state index contributed by atoms with van der Waals surface area (Å²) in [5, 5.41) is 0. The van der Waals surface area contributed by atoms with E-state index in [1.807, 2.05) is 0 Å². The smallest absolute Gasteiger partial charge is 0.123 e. The fourth-order valence-electron chi connectivity index (χ4n) is 3.70. The van der Waals surface area contributed by atoms with Gasteiger partial charge in [0, 0.05) is 11.5 Å². The molecule has 0 nitrogen and oxygen atoms in total. The van der Waals surface area contributed by atoms with Gasteiger partial charge in [-0.25, -0.2) is 4.39 Å². The third-order valence-corrected chi connectivity index (χ3v) is 5.33. The highest BCUT2D eigenvalue weighted by molar-refractivity contribution is 5.34. The number of unbranched alkanes of at least 4 members (excludes halogenated alkanes) is 6. The highest BCUT2D eigenvalue weighted by Gasteiger charge is 2.19. The van der Waals surface area contributed by atoms with E-state index in [-0.39, 0.29) is 5.82 Å². The molecule has 0 bridgehead atoms. The van der Waals surface area contributed by atoms with Gasteiger partial charge in [-0.05, 0) is 55.9 Å². The van der Waals surface area contributed by atoms with Crippen molar-refractivity contribution >= 4 is 0 Å². The van der Waals surface area contributed by atoms with Crippen LogP contribution >= 0.6 is 0 Å². The molecule has 0 saturated heterocycles. The number of halogens is 1. The van der Waals surface area contributed by atoms with Crippen molar-refractivity contribution in [3.63, 3.8) is 0 Å². The first kappa shape index (κ1) is 19.0.